The van der Waals surface area contributed by atoms with Gasteiger partial charge in [0, 0.05) is 0 Å². The minimum Gasteiger partial charge on any atom is -1.00 e. The summed E-state index contributed by atoms with van der Waals surface area (Å²) in [5.74, 6) is 0. The fraction of sp³-hybridized carbons (Fsp3) is 0.0714. The van der Waals surface area contributed by atoms with Gasteiger partial charge in [-0.25, -0.2) is 0 Å². The first-order chi connectivity index (χ1) is 6.86. The summed E-state index contributed by atoms with van der Waals surface area (Å²) in [6.07, 6.45) is 0. The van der Waals surface area contributed by atoms with Crippen molar-refractivity contribution in [3.8, 4) is 0 Å². The molecular weight excluding hydrogens is 366 g/mol. The Labute approximate surface area is 145 Å². The number of benzene rings is 2. The topological polar surface area (TPSA) is 0 Å². The summed E-state index contributed by atoms with van der Waals surface area (Å²) in [4.78, 5) is 0. The second-order valence-electron chi connectivity index (χ2n) is 3.77. The molecule has 0 amide bonds. The molecular formula is C14H11Cl3Zr. The van der Waals surface area contributed by atoms with Gasteiger partial charge in [-0.1, -0.05) is 35.9 Å². The smallest absolute Gasteiger partial charge is 1.00 e. The molecule has 0 unspecified atom stereocenters. The third kappa shape index (κ3) is 3.33. The van der Waals surface area contributed by atoms with Gasteiger partial charge in [-0.15, -0.1) is 39.7 Å². The fourth-order valence-electron chi connectivity index (χ4n) is 2.20. The third-order valence-electron chi connectivity index (χ3n) is 2.85. The molecule has 0 bridgehead atoms. The predicted molar refractivity (Wildman–Crippen MR) is 61.8 cm³/mol. The number of hydrogen-bond acceptors (Lipinski definition) is 0. The van der Waals surface area contributed by atoms with E-state index >= 15 is 0 Å². The summed E-state index contributed by atoms with van der Waals surface area (Å²) in [6.45, 7) is 2.18. The molecule has 0 saturated carbocycles. The molecule has 4 heteroatoms. The molecule has 0 saturated heterocycles. The molecule has 0 N–H and O–H groups in total. The first-order valence-electron chi connectivity index (χ1n) is 4.90. The van der Waals surface area contributed by atoms with E-state index in [9.17, 15) is 0 Å². The third-order valence-corrected chi connectivity index (χ3v) is 2.85. The van der Waals surface area contributed by atoms with Gasteiger partial charge in [-0.05, 0) is 6.92 Å². The maximum absolute atomic E-state index is 2.26. The number of halogens is 3. The van der Waals surface area contributed by atoms with E-state index in [2.05, 4.69) is 55.5 Å². The second-order valence-corrected chi connectivity index (χ2v) is 3.77. The van der Waals surface area contributed by atoms with Gasteiger partial charge < -0.3 is 37.2 Å². The van der Waals surface area contributed by atoms with E-state index in [4.69, 9.17) is 0 Å². The average molecular weight is 377 g/mol. The number of fused-ring (bicyclic) bond motifs is 3. The molecule has 3 rings (SSSR count). The first-order valence-corrected chi connectivity index (χ1v) is 4.90. The van der Waals surface area contributed by atoms with Gasteiger partial charge in [-0.2, -0.15) is 0 Å². The second kappa shape index (κ2) is 8.28. The largest absolute Gasteiger partial charge is 4.00 e. The molecule has 0 aromatic heterocycles. The molecule has 0 spiro atoms. The van der Waals surface area contributed by atoms with E-state index in [1.54, 1.807) is 0 Å². The molecule has 92 valence electrons. The Hall–Kier alpha value is 0.0631. The van der Waals surface area contributed by atoms with Crippen molar-refractivity contribution in [2.45, 2.75) is 6.92 Å². The minimum absolute atomic E-state index is 0. The van der Waals surface area contributed by atoms with Crippen LogP contribution >= 0.6 is 0 Å². The molecule has 3 aromatic carbocycles. The molecule has 0 fully saturated rings. The summed E-state index contributed by atoms with van der Waals surface area (Å²) in [5, 5.41) is 5.48. The Morgan fingerprint density at radius 3 is 2.11 bits per heavy atom. The van der Waals surface area contributed by atoms with E-state index in [1.807, 2.05) is 0 Å². The van der Waals surface area contributed by atoms with Gasteiger partial charge in [0.25, 0.3) is 0 Å². The normalized spacial score (nSPS) is 8.72. The number of aryl methyl sites for hydroxylation is 1. The summed E-state index contributed by atoms with van der Waals surface area (Å²) >= 11 is 0. The molecule has 0 aliphatic heterocycles. The maximum Gasteiger partial charge on any atom is 4.00 e. The molecule has 0 nitrogen and oxygen atoms in total. The van der Waals surface area contributed by atoms with Crippen LogP contribution in [0.3, 0.4) is 0 Å². The van der Waals surface area contributed by atoms with Crippen molar-refractivity contribution in [2.24, 2.45) is 0 Å². The zero-order valence-electron chi connectivity index (χ0n) is 9.75. The van der Waals surface area contributed by atoms with Gasteiger partial charge in [0.15, 0.2) is 0 Å². The molecule has 3 aromatic rings. The zero-order valence-corrected chi connectivity index (χ0v) is 14.5. The van der Waals surface area contributed by atoms with Crippen LogP contribution in [-0.2, 0) is 26.2 Å². The quantitative estimate of drug-likeness (QED) is 0.345. The van der Waals surface area contributed by atoms with Crippen LogP contribution in [-0.4, -0.2) is 0 Å². The van der Waals surface area contributed by atoms with Crippen LogP contribution in [0, 0.1) is 6.92 Å². The molecule has 0 heterocycles. The molecule has 18 heavy (non-hydrogen) atoms. The Bertz CT molecular complexity index is 617. The Balaban J connectivity index is 0. The van der Waals surface area contributed by atoms with Crippen molar-refractivity contribution in [3.05, 3.63) is 54.1 Å². The SMILES string of the molecule is Cc1cccc2[cH-]c3ccccc3c12.[Cl-].[Cl-].[Cl-].[Zr+4]. The van der Waals surface area contributed by atoms with E-state index in [0.717, 1.165) is 0 Å². The standard InChI is InChI=1S/C14H11.3ClH.Zr/c1-10-5-4-7-12-9-11-6-2-3-8-13(11)14(10)12;;;;/h2-9H,1H3;3*1H;/q-1;;;;+4/p-3. The summed E-state index contributed by atoms with van der Waals surface area (Å²) in [6, 6.07) is 17.3. The summed E-state index contributed by atoms with van der Waals surface area (Å²) < 4.78 is 0. The fourth-order valence-corrected chi connectivity index (χ4v) is 2.20. The molecule has 0 radical (unpaired) electrons. The van der Waals surface area contributed by atoms with Crippen LogP contribution < -0.4 is 37.2 Å². The Kier molecular flexibility index (Phi) is 9.37. The van der Waals surface area contributed by atoms with Gasteiger partial charge in [0.05, 0.1) is 0 Å². The van der Waals surface area contributed by atoms with E-state index < -0.39 is 0 Å². The van der Waals surface area contributed by atoms with Crippen LogP contribution in [0.25, 0.3) is 21.5 Å². The predicted octanol–water partition coefficient (Wildman–Crippen LogP) is -4.97. The van der Waals surface area contributed by atoms with Gasteiger partial charge in [-0.3, -0.25) is 0 Å². The van der Waals surface area contributed by atoms with Gasteiger partial charge in [0.2, 0.25) is 0 Å². The average Bonchev–Trinajstić information content (AvgIpc) is 2.57. The zero-order chi connectivity index (χ0) is 9.54. The minimum atomic E-state index is 0. The van der Waals surface area contributed by atoms with Crippen molar-refractivity contribution in [3.63, 3.8) is 0 Å². The summed E-state index contributed by atoms with van der Waals surface area (Å²) in [7, 11) is 0. The number of hydrogen-bond donors (Lipinski definition) is 0. The summed E-state index contributed by atoms with van der Waals surface area (Å²) in [5.41, 5.74) is 1.36. The van der Waals surface area contributed by atoms with E-state index in [1.165, 1.54) is 27.1 Å². The van der Waals surface area contributed by atoms with Crippen molar-refractivity contribution in [2.75, 3.05) is 0 Å². The Morgan fingerprint density at radius 1 is 0.778 bits per heavy atom. The van der Waals surface area contributed by atoms with Crippen LogP contribution in [0.1, 0.15) is 5.56 Å². The Morgan fingerprint density at radius 2 is 1.39 bits per heavy atom. The van der Waals surface area contributed by atoms with Crippen molar-refractivity contribution >= 4 is 21.5 Å². The molecule has 0 aliphatic rings. The van der Waals surface area contributed by atoms with Crippen molar-refractivity contribution in [1.29, 1.82) is 0 Å². The van der Waals surface area contributed by atoms with Crippen LogP contribution in [0.2, 0.25) is 0 Å². The molecule has 0 aliphatic carbocycles. The van der Waals surface area contributed by atoms with Gasteiger partial charge in [0.1, 0.15) is 0 Å². The van der Waals surface area contributed by atoms with Crippen molar-refractivity contribution in [1.82, 2.24) is 0 Å². The molecule has 0 atom stereocenters. The van der Waals surface area contributed by atoms with Crippen LogP contribution in [0.4, 0.5) is 0 Å². The van der Waals surface area contributed by atoms with Crippen LogP contribution in [0.5, 0.6) is 0 Å². The van der Waals surface area contributed by atoms with E-state index in [-0.39, 0.29) is 63.4 Å². The van der Waals surface area contributed by atoms with E-state index in [0.29, 0.717) is 0 Å². The first kappa shape index (κ1) is 20.4. The van der Waals surface area contributed by atoms with Crippen LogP contribution in [0.15, 0.2) is 48.5 Å². The maximum atomic E-state index is 2.26. The number of rotatable bonds is 0. The monoisotopic (exact) mass is 374 g/mol. The van der Waals surface area contributed by atoms with Gasteiger partial charge >= 0.3 is 26.2 Å². The van der Waals surface area contributed by atoms with Crippen molar-refractivity contribution < 1.29 is 63.4 Å².